The highest BCUT2D eigenvalue weighted by Crippen LogP contribution is 2.22. The molecule has 3 aromatic rings. The number of fused-ring (bicyclic) bond motifs is 1. The van der Waals surface area contributed by atoms with Gasteiger partial charge in [-0.05, 0) is 12.1 Å². The first-order valence-electron chi connectivity index (χ1n) is 7.51. The van der Waals surface area contributed by atoms with Gasteiger partial charge >= 0.3 is 11.7 Å². The van der Waals surface area contributed by atoms with Crippen LogP contribution in [0.5, 0.6) is 0 Å². The number of aromatic nitrogens is 4. The second kappa shape index (κ2) is 6.02. The molecule has 0 amide bonds. The standard InChI is InChI=1S/C16H17N5O4/c1-19-8-11(14(22)20(2)16(19)25)10-4-3-9(7-12(17)15(23)24)21-6-5-18-13(10)21/h3-6,8,12H,7,17H2,1-2H3,(H,23,24). The molecule has 3 rings (SSSR count). The number of carboxylic acid groups (broad SMARTS) is 1. The molecule has 3 heterocycles. The molecule has 0 aliphatic heterocycles. The van der Waals surface area contributed by atoms with Crippen molar-refractivity contribution in [3.8, 4) is 11.1 Å². The number of carbonyl (C=O) groups is 1. The van der Waals surface area contributed by atoms with Crippen molar-refractivity contribution >= 4 is 11.6 Å². The van der Waals surface area contributed by atoms with E-state index in [9.17, 15) is 14.4 Å². The van der Waals surface area contributed by atoms with Gasteiger partial charge in [-0.3, -0.25) is 14.2 Å². The molecule has 0 aromatic carbocycles. The average Bonchev–Trinajstić information content (AvgIpc) is 3.07. The molecule has 0 spiro atoms. The molecule has 0 bridgehead atoms. The van der Waals surface area contributed by atoms with Gasteiger partial charge < -0.3 is 19.8 Å². The van der Waals surface area contributed by atoms with Gasteiger partial charge in [-0.2, -0.15) is 0 Å². The van der Waals surface area contributed by atoms with E-state index in [4.69, 9.17) is 10.8 Å². The van der Waals surface area contributed by atoms with Crippen LogP contribution in [0.2, 0.25) is 0 Å². The van der Waals surface area contributed by atoms with Crippen molar-refractivity contribution in [2.24, 2.45) is 19.8 Å². The lowest BCUT2D eigenvalue weighted by Crippen LogP contribution is -2.37. The molecule has 3 N–H and O–H groups in total. The van der Waals surface area contributed by atoms with Crippen LogP contribution in [0.1, 0.15) is 5.69 Å². The van der Waals surface area contributed by atoms with Gasteiger partial charge in [0.25, 0.3) is 5.56 Å². The van der Waals surface area contributed by atoms with E-state index in [0.29, 0.717) is 22.5 Å². The molecule has 0 radical (unpaired) electrons. The Kier molecular flexibility index (Phi) is 4.01. The Balaban J connectivity index is 2.21. The summed E-state index contributed by atoms with van der Waals surface area (Å²) in [6, 6.07) is 2.35. The molecule has 3 aromatic heterocycles. The topological polar surface area (TPSA) is 125 Å². The quantitative estimate of drug-likeness (QED) is 0.649. The molecule has 9 nitrogen and oxygen atoms in total. The summed E-state index contributed by atoms with van der Waals surface area (Å²) in [5.41, 5.74) is 6.80. The van der Waals surface area contributed by atoms with E-state index < -0.39 is 23.3 Å². The smallest absolute Gasteiger partial charge is 0.330 e. The minimum absolute atomic E-state index is 0.119. The Hall–Kier alpha value is -3.20. The minimum atomic E-state index is -1.09. The predicted octanol–water partition coefficient (Wildman–Crippen LogP) is -0.647. The fourth-order valence-electron chi connectivity index (χ4n) is 2.75. The summed E-state index contributed by atoms with van der Waals surface area (Å²) in [5, 5.41) is 9.00. The Bertz CT molecular complexity index is 1090. The average molecular weight is 343 g/mol. The summed E-state index contributed by atoms with van der Waals surface area (Å²) < 4.78 is 4.05. The van der Waals surface area contributed by atoms with Crippen LogP contribution < -0.4 is 17.0 Å². The van der Waals surface area contributed by atoms with E-state index >= 15 is 0 Å². The van der Waals surface area contributed by atoms with Gasteiger partial charge in [-0.25, -0.2) is 9.78 Å². The Morgan fingerprint density at radius 1 is 1.28 bits per heavy atom. The largest absolute Gasteiger partial charge is 0.480 e. The number of aliphatic carboxylic acids is 1. The van der Waals surface area contributed by atoms with Gasteiger partial charge in [0, 0.05) is 50.4 Å². The van der Waals surface area contributed by atoms with Gasteiger partial charge in [0.15, 0.2) is 0 Å². The number of rotatable bonds is 4. The van der Waals surface area contributed by atoms with Crippen molar-refractivity contribution in [2.75, 3.05) is 0 Å². The number of hydrogen-bond acceptors (Lipinski definition) is 5. The summed E-state index contributed by atoms with van der Waals surface area (Å²) >= 11 is 0. The van der Waals surface area contributed by atoms with Gasteiger partial charge in [-0.15, -0.1) is 0 Å². The monoisotopic (exact) mass is 343 g/mol. The van der Waals surface area contributed by atoms with Gasteiger partial charge in [0.05, 0.1) is 5.56 Å². The predicted molar refractivity (Wildman–Crippen MR) is 90.4 cm³/mol. The number of aryl methyl sites for hydroxylation is 1. The first kappa shape index (κ1) is 16.7. The highest BCUT2D eigenvalue weighted by Gasteiger charge is 2.18. The lowest BCUT2D eigenvalue weighted by atomic mass is 10.1. The number of nitrogens with zero attached hydrogens (tertiary/aromatic N) is 4. The molecule has 1 atom stereocenters. The third-order valence-electron chi connectivity index (χ3n) is 4.12. The number of carboxylic acids is 1. The van der Waals surface area contributed by atoms with Gasteiger partial charge in [0.1, 0.15) is 11.7 Å². The van der Waals surface area contributed by atoms with E-state index in [2.05, 4.69) is 4.98 Å². The molecule has 0 saturated carbocycles. The summed E-state index contributed by atoms with van der Waals surface area (Å²) in [5.74, 6) is -1.09. The molecule has 1 unspecified atom stereocenters. The van der Waals surface area contributed by atoms with E-state index in [1.54, 1.807) is 36.0 Å². The number of imidazole rings is 1. The Morgan fingerprint density at radius 3 is 2.68 bits per heavy atom. The van der Waals surface area contributed by atoms with Crippen LogP contribution in [0.15, 0.2) is 40.3 Å². The second-order valence-corrected chi connectivity index (χ2v) is 5.81. The Morgan fingerprint density at radius 2 is 2.00 bits per heavy atom. The zero-order valence-electron chi connectivity index (χ0n) is 13.7. The van der Waals surface area contributed by atoms with E-state index in [1.165, 1.54) is 17.8 Å². The molecule has 25 heavy (non-hydrogen) atoms. The molecule has 0 saturated heterocycles. The Labute approximate surface area is 141 Å². The maximum atomic E-state index is 12.5. The van der Waals surface area contributed by atoms with Gasteiger partial charge in [0.2, 0.25) is 0 Å². The van der Waals surface area contributed by atoms with Crippen LogP contribution in [0.3, 0.4) is 0 Å². The highest BCUT2D eigenvalue weighted by molar-refractivity contribution is 5.77. The molecule has 0 aliphatic carbocycles. The van der Waals surface area contributed by atoms with Crippen molar-refractivity contribution in [1.29, 1.82) is 0 Å². The van der Waals surface area contributed by atoms with Gasteiger partial charge in [-0.1, -0.05) is 0 Å². The zero-order chi connectivity index (χ0) is 18.3. The maximum Gasteiger partial charge on any atom is 0.330 e. The summed E-state index contributed by atoms with van der Waals surface area (Å²) in [6.07, 6.45) is 4.82. The zero-order valence-corrected chi connectivity index (χ0v) is 13.7. The normalized spacial score (nSPS) is 12.4. The lowest BCUT2D eigenvalue weighted by Gasteiger charge is -2.12. The minimum Gasteiger partial charge on any atom is -0.480 e. The van der Waals surface area contributed by atoms with Crippen LogP contribution in [0.25, 0.3) is 16.8 Å². The van der Waals surface area contributed by atoms with E-state index in [0.717, 1.165) is 4.57 Å². The fraction of sp³-hybridized carbons (Fsp3) is 0.250. The van der Waals surface area contributed by atoms with Crippen molar-refractivity contribution in [1.82, 2.24) is 18.5 Å². The molecular formula is C16H17N5O4. The highest BCUT2D eigenvalue weighted by atomic mass is 16.4. The molecule has 0 aliphatic rings. The van der Waals surface area contributed by atoms with E-state index in [1.807, 2.05) is 0 Å². The van der Waals surface area contributed by atoms with E-state index in [-0.39, 0.29) is 6.42 Å². The number of nitrogens with two attached hydrogens (primary N) is 1. The van der Waals surface area contributed by atoms with Crippen molar-refractivity contribution in [3.05, 3.63) is 57.3 Å². The third-order valence-corrected chi connectivity index (χ3v) is 4.12. The van der Waals surface area contributed by atoms with Crippen LogP contribution in [-0.2, 0) is 25.3 Å². The first-order valence-corrected chi connectivity index (χ1v) is 7.51. The summed E-state index contributed by atoms with van der Waals surface area (Å²) in [7, 11) is 2.98. The maximum absolute atomic E-state index is 12.5. The molecule has 9 heteroatoms. The summed E-state index contributed by atoms with van der Waals surface area (Å²) in [4.78, 5) is 39.6. The summed E-state index contributed by atoms with van der Waals surface area (Å²) in [6.45, 7) is 0. The van der Waals surface area contributed by atoms with Crippen molar-refractivity contribution < 1.29 is 9.90 Å². The lowest BCUT2D eigenvalue weighted by molar-refractivity contribution is -0.138. The molecular weight excluding hydrogens is 326 g/mol. The van der Waals surface area contributed by atoms with Crippen molar-refractivity contribution in [2.45, 2.75) is 12.5 Å². The second-order valence-electron chi connectivity index (χ2n) is 5.81. The number of pyridine rings is 1. The third kappa shape index (κ3) is 2.74. The van der Waals surface area contributed by atoms with Crippen LogP contribution in [-0.4, -0.2) is 35.6 Å². The first-order chi connectivity index (χ1) is 11.8. The van der Waals surface area contributed by atoms with Crippen LogP contribution in [0, 0.1) is 0 Å². The van der Waals surface area contributed by atoms with Crippen LogP contribution >= 0.6 is 0 Å². The number of hydrogen-bond donors (Lipinski definition) is 2. The van der Waals surface area contributed by atoms with Crippen molar-refractivity contribution in [3.63, 3.8) is 0 Å². The SMILES string of the molecule is Cn1cc(-c2ccc(CC(N)C(=O)O)n3ccnc23)c(=O)n(C)c1=O. The molecule has 0 fully saturated rings. The molecule has 130 valence electrons. The fourth-order valence-corrected chi connectivity index (χ4v) is 2.75. The van der Waals surface area contributed by atoms with Crippen LogP contribution in [0.4, 0.5) is 0 Å².